The fraction of sp³-hybridized carbons (Fsp3) is 0.318. The number of halogens is 2. The lowest BCUT2D eigenvalue weighted by molar-refractivity contribution is 0.0932. The number of benzene rings is 1. The first kappa shape index (κ1) is 23.1. The number of rotatable bonds is 4. The van der Waals surface area contributed by atoms with Crippen LogP contribution in [0.2, 0.25) is 0 Å². The van der Waals surface area contributed by atoms with Gasteiger partial charge in [0.25, 0.3) is 11.5 Å². The SMILES string of the molecule is Cl.Cl.O=C(NC[C@H]1[C@@H]2CNC[C@@H](C2)c2cccc(=O)n21)c1ccc(-n2ccnc2)cc1. The first-order chi connectivity index (χ1) is 14.2. The van der Waals surface area contributed by atoms with Gasteiger partial charge in [0.1, 0.15) is 0 Å². The third kappa shape index (κ3) is 4.39. The van der Waals surface area contributed by atoms with Gasteiger partial charge in [0, 0.05) is 61.0 Å². The number of fused-ring (bicyclic) bond motifs is 4. The molecule has 0 radical (unpaired) electrons. The van der Waals surface area contributed by atoms with Gasteiger partial charge >= 0.3 is 0 Å². The highest BCUT2D eigenvalue weighted by Gasteiger charge is 2.37. The molecule has 9 heteroatoms. The van der Waals surface area contributed by atoms with Crippen molar-refractivity contribution in [3.05, 3.63) is 82.8 Å². The molecule has 3 aromatic rings. The standard InChI is InChI=1S/C22H23N5O2.2ClH/c28-21-3-1-2-19-16-10-17(12-24-11-16)20(27(19)21)13-25-22(29)15-4-6-18(7-5-15)26-9-8-23-14-26;;/h1-9,14,16-17,20,24H,10-13H2,(H,25,29);2*1H/t16-,17+,20+;;/m1../s1. The van der Waals surface area contributed by atoms with Crippen molar-refractivity contribution < 1.29 is 4.79 Å². The molecule has 31 heavy (non-hydrogen) atoms. The van der Waals surface area contributed by atoms with E-state index >= 15 is 0 Å². The van der Waals surface area contributed by atoms with Crippen LogP contribution in [0.25, 0.3) is 5.69 Å². The third-order valence-electron chi connectivity index (χ3n) is 6.10. The third-order valence-corrected chi connectivity index (χ3v) is 6.10. The van der Waals surface area contributed by atoms with Gasteiger partial charge in [0.15, 0.2) is 0 Å². The molecule has 1 fully saturated rings. The van der Waals surface area contributed by atoms with Crippen molar-refractivity contribution in [3.63, 3.8) is 0 Å². The van der Waals surface area contributed by atoms with E-state index in [0.717, 1.165) is 30.9 Å². The number of pyridine rings is 1. The van der Waals surface area contributed by atoms with E-state index < -0.39 is 0 Å². The fourth-order valence-corrected chi connectivity index (χ4v) is 4.66. The molecule has 3 atom stereocenters. The first-order valence-corrected chi connectivity index (χ1v) is 9.99. The number of amides is 1. The van der Waals surface area contributed by atoms with Crippen LogP contribution in [0, 0.1) is 5.92 Å². The first-order valence-electron chi connectivity index (χ1n) is 9.99. The van der Waals surface area contributed by atoms with Crippen LogP contribution in [0.3, 0.4) is 0 Å². The molecule has 1 amide bonds. The summed E-state index contributed by atoms with van der Waals surface area (Å²) in [7, 11) is 0. The predicted molar refractivity (Wildman–Crippen MR) is 124 cm³/mol. The van der Waals surface area contributed by atoms with E-state index in [1.54, 1.807) is 18.6 Å². The Morgan fingerprint density at radius 2 is 1.94 bits per heavy atom. The Morgan fingerprint density at radius 3 is 2.68 bits per heavy atom. The molecule has 0 saturated carbocycles. The molecule has 2 aromatic heterocycles. The highest BCUT2D eigenvalue weighted by molar-refractivity contribution is 5.94. The summed E-state index contributed by atoms with van der Waals surface area (Å²) in [5.41, 5.74) is 2.64. The number of piperidine rings is 1. The molecule has 164 valence electrons. The highest BCUT2D eigenvalue weighted by Crippen LogP contribution is 2.38. The van der Waals surface area contributed by atoms with E-state index in [-0.39, 0.29) is 42.3 Å². The summed E-state index contributed by atoms with van der Waals surface area (Å²) in [5, 5.41) is 6.53. The largest absolute Gasteiger partial charge is 0.350 e. The van der Waals surface area contributed by atoms with E-state index in [1.807, 2.05) is 51.7 Å². The van der Waals surface area contributed by atoms with E-state index in [9.17, 15) is 9.59 Å². The molecule has 0 spiro atoms. The second-order valence-electron chi connectivity index (χ2n) is 7.80. The summed E-state index contributed by atoms with van der Waals surface area (Å²) in [5.74, 6) is 0.578. The number of carbonyl (C=O) groups is 1. The summed E-state index contributed by atoms with van der Waals surface area (Å²) in [6, 6.07) is 12.9. The van der Waals surface area contributed by atoms with Crippen LogP contribution in [0.15, 0.2) is 66.0 Å². The van der Waals surface area contributed by atoms with E-state index in [2.05, 4.69) is 15.6 Å². The van der Waals surface area contributed by atoms with Crippen molar-refractivity contribution in [1.82, 2.24) is 24.8 Å². The molecule has 2 aliphatic heterocycles. The molecule has 2 bridgehead atoms. The molecule has 2 N–H and O–H groups in total. The van der Waals surface area contributed by atoms with Crippen molar-refractivity contribution in [1.29, 1.82) is 0 Å². The summed E-state index contributed by atoms with van der Waals surface area (Å²) in [6.45, 7) is 2.22. The summed E-state index contributed by atoms with van der Waals surface area (Å²) < 4.78 is 3.79. The van der Waals surface area contributed by atoms with Crippen molar-refractivity contribution in [2.75, 3.05) is 19.6 Å². The molecule has 4 heterocycles. The lowest BCUT2D eigenvalue weighted by Crippen LogP contribution is -2.50. The van der Waals surface area contributed by atoms with Gasteiger partial charge in [-0.15, -0.1) is 24.8 Å². The van der Waals surface area contributed by atoms with Crippen LogP contribution in [-0.2, 0) is 0 Å². The molecule has 0 unspecified atom stereocenters. The molecular formula is C22H25Cl2N5O2. The minimum absolute atomic E-state index is 0. The van der Waals surface area contributed by atoms with Crippen molar-refractivity contribution in [3.8, 4) is 5.69 Å². The number of imidazole rings is 1. The van der Waals surface area contributed by atoms with Gasteiger partial charge in [0.2, 0.25) is 0 Å². The van der Waals surface area contributed by atoms with Crippen molar-refractivity contribution in [2.45, 2.75) is 18.4 Å². The van der Waals surface area contributed by atoms with E-state index in [4.69, 9.17) is 0 Å². The molecule has 7 nitrogen and oxygen atoms in total. The number of nitrogens with zero attached hydrogens (tertiary/aromatic N) is 3. The van der Waals surface area contributed by atoms with E-state index in [1.165, 1.54) is 0 Å². The molecule has 0 aliphatic carbocycles. The van der Waals surface area contributed by atoms with Gasteiger partial charge < -0.3 is 19.8 Å². The lowest BCUT2D eigenvalue weighted by atomic mass is 9.79. The Balaban J connectivity index is 0.00000136. The van der Waals surface area contributed by atoms with Gasteiger partial charge in [-0.25, -0.2) is 4.98 Å². The maximum absolute atomic E-state index is 12.7. The van der Waals surface area contributed by atoms with Crippen molar-refractivity contribution >= 4 is 30.7 Å². The second kappa shape index (κ2) is 9.68. The Bertz CT molecular complexity index is 1080. The predicted octanol–water partition coefficient (Wildman–Crippen LogP) is 2.56. The van der Waals surface area contributed by atoms with Gasteiger partial charge in [-0.3, -0.25) is 9.59 Å². The van der Waals surface area contributed by atoms with Gasteiger partial charge in [-0.2, -0.15) is 0 Å². The maximum atomic E-state index is 12.7. The van der Waals surface area contributed by atoms with Crippen molar-refractivity contribution in [2.24, 2.45) is 5.92 Å². The molecule has 1 aromatic carbocycles. The number of hydrogen-bond donors (Lipinski definition) is 2. The van der Waals surface area contributed by atoms with Crippen LogP contribution >= 0.6 is 24.8 Å². The minimum Gasteiger partial charge on any atom is -0.350 e. The van der Waals surface area contributed by atoms with Crippen LogP contribution in [-0.4, -0.2) is 39.7 Å². The number of nitrogens with one attached hydrogen (secondary N) is 2. The lowest BCUT2D eigenvalue weighted by Gasteiger charge is -2.43. The normalized spacial score (nSPS) is 21.2. The molecular weight excluding hydrogens is 437 g/mol. The zero-order valence-corrected chi connectivity index (χ0v) is 18.4. The molecule has 1 saturated heterocycles. The smallest absolute Gasteiger partial charge is 0.251 e. The Hall–Kier alpha value is -2.61. The van der Waals surface area contributed by atoms with Crippen LogP contribution < -0.4 is 16.2 Å². The Morgan fingerprint density at radius 1 is 1.13 bits per heavy atom. The zero-order chi connectivity index (χ0) is 19.8. The average molecular weight is 462 g/mol. The maximum Gasteiger partial charge on any atom is 0.251 e. The quantitative estimate of drug-likeness (QED) is 0.625. The Labute approximate surface area is 192 Å². The summed E-state index contributed by atoms with van der Waals surface area (Å²) >= 11 is 0. The molecule has 5 rings (SSSR count). The van der Waals surface area contributed by atoms with Gasteiger partial charge in [-0.1, -0.05) is 6.07 Å². The number of aromatic nitrogens is 3. The monoisotopic (exact) mass is 461 g/mol. The summed E-state index contributed by atoms with van der Waals surface area (Å²) in [4.78, 5) is 29.4. The fourth-order valence-electron chi connectivity index (χ4n) is 4.66. The zero-order valence-electron chi connectivity index (χ0n) is 16.8. The average Bonchev–Trinajstić information content (AvgIpc) is 3.29. The topological polar surface area (TPSA) is 81.0 Å². The summed E-state index contributed by atoms with van der Waals surface area (Å²) in [6.07, 6.45) is 6.35. The Kier molecular flexibility index (Phi) is 7.20. The van der Waals surface area contributed by atoms with Gasteiger partial charge in [0.05, 0.1) is 12.4 Å². The molecule has 2 aliphatic rings. The van der Waals surface area contributed by atoms with Crippen LogP contribution in [0.1, 0.15) is 34.4 Å². The minimum atomic E-state index is -0.126. The van der Waals surface area contributed by atoms with Gasteiger partial charge in [-0.05, 0) is 42.7 Å². The van der Waals surface area contributed by atoms with Crippen LogP contribution in [0.4, 0.5) is 0 Å². The number of hydrogen-bond acceptors (Lipinski definition) is 4. The number of carbonyl (C=O) groups excluding carboxylic acids is 1. The highest BCUT2D eigenvalue weighted by atomic mass is 35.5. The van der Waals surface area contributed by atoms with E-state index in [0.29, 0.717) is 23.9 Å². The van der Waals surface area contributed by atoms with Crippen LogP contribution in [0.5, 0.6) is 0 Å². The second-order valence-corrected chi connectivity index (χ2v) is 7.80.